The van der Waals surface area contributed by atoms with Crippen LogP contribution in [0.4, 0.5) is 4.79 Å². The van der Waals surface area contributed by atoms with Gasteiger partial charge in [-0.05, 0) is 12.5 Å². The molecular formula is C15H19N5O2. The average molecular weight is 301 g/mol. The number of hydrogen-bond acceptors (Lipinski definition) is 3. The van der Waals surface area contributed by atoms with E-state index in [1.54, 1.807) is 13.1 Å². The van der Waals surface area contributed by atoms with Crippen LogP contribution in [0.1, 0.15) is 18.1 Å². The molecule has 116 valence electrons. The van der Waals surface area contributed by atoms with Gasteiger partial charge in [-0.25, -0.2) is 4.79 Å². The van der Waals surface area contributed by atoms with Crippen molar-refractivity contribution >= 4 is 11.9 Å². The summed E-state index contributed by atoms with van der Waals surface area (Å²) < 4.78 is 1.81. The molecule has 1 heterocycles. The molecule has 3 amide bonds. The Balaban J connectivity index is 1.84. The van der Waals surface area contributed by atoms with Crippen molar-refractivity contribution in [2.24, 2.45) is 5.73 Å². The second-order valence-corrected chi connectivity index (χ2v) is 4.98. The Labute approximate surface area is 128 Å². The Morgan fingerprint density at radius 3 is 2.68 bits per heavy atom. The average Bonchev–Trinajstić information content (AvgIpc) is 2.92. The number of hydrogen-bond donors (Lipinski definition) is 3. The first-order valence-corrected chi connectivity index (χ1v) is 6.93. The molecular weight excluding hydrogens is 282 g/mol. The van der Waals surface area contributed by atoms with Gasteiger partial charge in [0.2, 0.25) is 5.91 Å². The minimum absolute atomic E-state index is 0.297. The zero-order chi connectivity index (χ0) is 15.9. The molecule has 2 rings (SSSR count). The number of carbonyl (C=O) groups excluding carboxylic acids is 2. The maximum Gasteiger partial charge on any atom is 0.312 e. The summed E-state index contributed by atoms with van der Waals surface area (Å²) in [5.74, 6) is -0.297. The zero-order valence-electron chi connectivity index (χ0n) is 12.3. The summed E-state index contributed by atoms with van der Waals surface area (Å²) in [6.07, 6.45) is 3.58. The number of benzene rings is 1. The van der Waals surface area contributed by atoms with Crippen molar-refractivity contribution in [1.29, 1.82) is 0 Å². The topological polar surface area (TPSA) is 102 Å². The quantitative estimate of drug-likeness (QED) is 0.728. The van der Waals surface area contributed by atoms with E-state index in [9.17, 15) is 9.59 Å². The van der Waals surface area contributed by atoms with E-state index in [2.05, 4.69) is 15.7 Å². The molecule has 0 saturated carbocycles. The van der Waals surface area contributed by atoms with E-state index in [0.29, 0.717) is 13.1 Å². The maximum absolute atomic E-state index is 11.7. The molecule has 1 atom stereocenters. The van der Waals surface area contributed by atoms with E-state index in [0.717, 1.165) is 11.1 Å². The van der Waals surface area contributed by atoms with Gasteiger partial charge in [-0.3, -0.25) is 9.48 Å². The highest BCUT2D eigenvalue weighted by Gasteiger charge is 2.13. The fraction of sp³-hybridized carbons (Fsp3) is 0.267. The molecule has 0 aliphatic heterocycles. The number of nitrogens with one attached hydrogen (secondary N) is 2. The Kier molecular flexibility index (Phi) is 5.13. The van der Waals surface area contributed by atoms with Crippen molar-refractivity contribution in [2.45, 2.75) is 26.1 Å². The first-order chi connectivity index (χ1) is 10.5. The number of carbonyl (C=O) groups is 2. The molecule has 0 radical (unpaired) electrons. The van der Waals surface area contributed by atoms with E-state index < -0.39 is 12.1 Å². The van der Waals surface area contributed by atoms with Gasteiger partial charge in [0.1, 0.15) is 6.04 Å². The van der Waals surface area contributed by atoms with Gasteiger partial charge >= 0.3 is 6.03 Å². The van der Waals surface area contributed by atoms with Gasteiger partial charge in [0.05, 0.1) is 12.7 Å². The largest absolute Gasteiger partial charge is 0.352 e. The van der Waals surface area contributed by atoms with E-state index in [1.807, 2.05) is 41.2 Å². The Morgan fingerprint density at radius 1 is 1.27 bits per heavy atom. The van der Waals surface area contributed by atoms with Gasteiger partial charge in [0, 0.05) is 18.3 Å². The third-order valence-corrected chi connectivity index (χ3v) is 3.09. The van der Waals surface area contributed by atoms with Crippen LogP contribution < -0.4 is 16.4 Å². The molecule has 0 bridgehead atoms. The van der Waals surface area contributed by atoms with Crippen molar-refractivity contribution in [3.05, 3.63) is 53.9 Å². The number of urea groups is 1. The summed E-state index contributed by atoms with van der Waals surface area (Å²) in [4.78, 5) is 22.4. The van der Waals surface area contributed by atoms with E-state index in [-0.39, 0.29) is 5.91 Å². The highest BCUT2D eigenvalue weighted by Crippen LogP contribution is 2.04. The monoisotopic (exact) mass is 301 g/mol. The first-order valence-electron chi connectivity index (χ1n) is 6.93. The van der Waals surface area contributed by atoms with Crippen molar-refractivity contribution in [1.82, 2.24) is 20.4 Å². The maximum atomic E-state index is 11.7. The lowest BCUT2D eigenvalue weighted by molar-refractivity contribution is -0.122. The SMILES string of the molecule is C[C@@H](NC(N)=O)C(=O)NCc1cnn(Cc2ccccc2)c1. The Morgan fingerprint density at radius 2 is 2.00 bits per heavy atom. The molecule has 2 aromatic rings. The summed E-state index contributed by atoms with van der Waals surface area (Å²) >= 11 is 0. The Hall–Kier alpha value is -2.83. The number of nitrogens with zero attached hydrogens (tertiary/aromatic N) is 2. The lowest BCUT2D eigenvalue weighted by Crippen LogP contribution is -2.46. The molecule has 7 nitrogen and oxygen atoms in total. The number of primary amides is 1. The van der Waals surface area contributed by atoms with Crippen LogP contribution in [0, 0.1) is 0 Å². The molecule has 1 aromatic heterocycles. The van der Waals surface area contributed by atoms with Gasteiger partial charge in [0.25, 0.3) is 0 Å². The fourth-order valence-corrected chi connectivity index (χ4v) is 1.98. The molecule has 0 spiro atoms. The molecule has 1 aromatic carbocycles. The normalized spacial score (nSPS) is 11.7. The molecule has 0 saturated heterocycles. The van der Waals surface area contributed by atoms with Crippen LogP contribution in [-0.4, -0.2) is 27.8 Å². The second kappa shape index (κ2) is 7.26. The van der Waals surface area contributed by atoms with Gasteiger partial charge in [-0.1, -0.05) is 30.3 Å². The van der Waals surface area contributed by atoms with E-state index in [4.69, 9.17) is 5.73 Å². The summed E-state index contributed by atoms with van der Waals surface area (Å²) in [5.41, 5.74) is 7.01. The second-order valence-electron chi connectivity index (χ2n) is 4.98. The molecule has 0 aliphatic carbocycles. The van der Waals surface area contributed by atoms with Crippen LogP contribution in [0.15, 0.2) is 42.7 Å². The van der Waals surface area contributed by atoms with E-state index >= 15 is 0 Å². The predicted molar refractivity (Wildman–Crippen MR) is 81.8 cm³/mol. The van der Waals surface area contributed by atoms with Crippen LogP contribution >= 0.6 is 0 Å². The van der Waals surface area contributed by atoms with Crippen LogP contribution in [0.2, 0.25) is 0 Å². The minimum atomic E-state index is -0.724. The molecule has 4 N–H and O–H groups in total. The number of rotatable bonds is 6. The van der Waals surface area contributed by atoms with Crippen molar-refractivity contribution in [2.75, 3.05) is 0 Å². The standard InChI is InChI=1S/C15H19N5O2/c1-11(19-15(16)22)14(21)17-7-13-8-18-20(10-13)9-12-5-3-2-4-6-12/h2-6,8,10-11H,7,9H2,1H3,(H,17,21)(H3,16,19,22)/t11-/m1/s1. The van der Waals surface area contributed by atoms with Gasteiger partial charge in [-0.2, -0.15) is 5.10 Å². The molecule has 0 aliphatic rings. The summed E-state index contributed by atoms with van der Waals surface area (Å²) in [6.45, 7) is 2.59. The highest BCUT2D eigenvalue weighted by molar-refractivity contribution is 5.86. The highest BCUT2D eigenvalue weighted by atomic mass is 16.2. The molecule has 7 heteroatoms. The summed E-state index contributed by atoms with van der Waals surface area (Å²) in [5, 5.41) is 9.30. The summed E-state index contributed by atoms with van der Waals surface area (Å²) in [7, 11) is 0. The fourth-order valence-electron chi connectivity index (χ4n) is 1.98. The molecule has 0 fully saturated rings. The van der Waals surface area contributed by atoms with Gasteiger partial charge < -0.3 is 16.4 Å². The minimum Gasteiger partial charge on any atom is -0.352 e. The number of amides is 3. The lowest BCUT2D eigenvalue weighted by Gasteiger charge is -2.11. The van der Waals surface area contributed by atoms with Crippen LogP contribution in [0.25, 0.3) is 0 Å². The van der Waals surface area contributed by atoms with Crippen molar-refractivity contribution in [3.8, 4) is 0 Å². The van der Waals surface area contributed by atoms with Crippen molar-refractivity contribution < 1.29 is 9.59 Å². The smallest absolute Gasteiger partial charge is 0.312 e. The van der Waals surface area contributed by atoms with Gasteiger partial charge in [-0.15, -0.1) is 0 Å². The molecule has 22 heavy (non-hydrogen) atoms. The predicted octanol–water partition coefficient (Wildman–Crippen LogP) is 0.604. The van der Waals surface area contributed by atoms with E-state index in [1.165, 1.54) is 0 Å². The van der Waals surface area contributed by atoms with Crippen molar-refractivity contribution in [3.63, 3.8) is 0 Å². The lowest BCUT2D eigenvalue weighted by atomic mass is 10.2. The third-order valence-electron chi connectivity index (χ3n) is 3.09. The summed E-state index contributed by atoms with van der Waals surface area (Å²) in [6, 6.07) is 8.59. The van der Waals surface area contributed by atoms with Crippen LogP contribution in [-0.2, 0) is 17.9 Å². The third kappa shape index (κ3) is 4.62. The zero-order valence-corrected chi connectivity index (χ0v) is 12.3. The Bertz CT molecular complexity index is 638. The number of nitrogens with two attached hydrogens (primary N) is 1. The number of aromatic nitrogens is 2. The van der Waals surface area contributed by atoms with Crippen LogP contribution in [0.5, 0.6) is 0 Å². The molecule has 0 unspecified atom stereocenters. The first kappa shape index (κ1) is 15.6. The van der Waals surface area contributed by atoms with Gasteiger partial charge in [0.15, 0.2) is 0 Å². The van der Waals surface area contributed by atoms with Crippen LogP contribution in [0.3, 0.4) is 0 Å².